The lowest BCUT2D eigenvalue weighted by atomic mass is 10.0. The standard InChI is InChI=1S/C27H29Cl2FN4O4S/c1-31-27(36)25(15-19-7-5-4-6-8-19)33(17-20-9-10-21(28)16-24(20)29)26(35)18-34(39(37,38)32(2)3)23-13-11-22(30)12-14-23/h4-14,16,25H,15,17-18H2,1-3H3,(H,31,36). The molecule has 0 spiro atoms. The molecule has 0 aliphatic heterocycles. The number of carbonyl (C=O) groups excluding carboxylic acids is 2. The average molecular weight is 596 g/mol. The summed E-state index contributed by atoms with van der Waals surface area (Å²) < 4.78 is 41.9. The van der Waals surface area contributed by atoms with Gasteiger partial charge in [-0.15, -0.1) is 0 Å². The highest BCUT2D eigenvalue weighted by Crippen LogP contribution is 2.26. The van der Waals surface area contributed by atoms with Gasteiger partial charge in [0, 0.05) is 44.2 Å². The van der Waals surface area contributed by atoms with Gasteiger partial charge in [-0.25, -0.2) is 8.70 Å². The third-order valence-electron chi connectivity index (χ3n) is 6.01. The summed E-state index contributed by atoms with van der Waals surface area (Å²) in [6.45, 7) is -0.751. The molecule has 3 rings (SSSR count). The molecule has 0 saturated carbocycles. The molecule has 0 aliphatic carbocycles. The van der Waals surface area contributed by atoms with E-state index in [1.165, 1.54) is 44.2 Å². The molecule has 2 amide bonds. The number of nitrogens with zero attached hydrogens (tertiary/aromatic N) is 3. The van der Waals surface area contributed by atoms with Crippen molar-refractivity contribution in [2.45, 2.75) is 19.0 Å². The maximum atomic E-state index is 14.0. The second-order valence-corrected chi connectivity index (χ2v) is 11.8. The summed E-state index contributed by atoms with van der Waals surface area (Å²) in [6, 6.07) is 17.6. The molecule has 0 saturated heterocycles. The van der Waals surface area contributed by atoms with Crippen LogP contribution in [0.1, 0.15) is 11.1 Å². The van der Waals surface area contributed by atoms with Crippen molar-refractivity contribution in [3.05, 3.63) is 99.8 Å². The first-order valence-corrected chi connectivity index (χ1v) is 14.0. The number of carbonyl (C=O) groups is 2. The Morgan fingerprint density at radius 2 is 1.62 bits per heavy atom. The van der Waals surface area contributed by atoms with Crippen molar-refractivity contribution in [2.24, 2.45) is 0 Å². The van der Waals surface area contributed by atoms with Crippen LogP contribution in [0, 0.1) is 5.82 Å². The van der Waals surface area contributed by atoms with Crippen LogP contribution < -0.4 is 9.62 Å². The highest BCUT2D eigenvalue weighted by molar-refractivity contribution is 7.90. The van der Waals surface area contributed by atoms with E-state index in [0.29, 0.717) is 10.6 Å². The summed E-state index contributed by atoms with van der Waals surface area (Å²) in [7, 11) is -0.0725. The van der Waals surface area contributed by atoms with Gasteiger partial charge in [-0.05, 0) is 47.5 Å². The molecule has 0 bridgehead atoms. The first-order valence-electron chi connectivity index (χ1n) is 11.9. The van der Waals surface area contributed by atoms with Crippen molar-refractivity contribution in [2.75, 3.05) is 32.0 Å². The largest absolute Gasteiger partial charge is 0.357 e. The second-order valence-electron chi connectivity index (χ2n) is 8.85. The molecule has 0 radical (unpaired) electrons. The van der Waals surface area contributed by atoms with Gasteiger partial charge in [0.2, 0.25) is 11.8 Å². The Morgan fingerprint density at radius 1 is 0.974 bits per heavy atom. The van der Waals surface area contributed by atoms with Crippen LogP contribution in [0.3, 0.4) is 0 Å². The predicted molar refractivity (Wildman–Crippen MR) is 151 cm³/mol. The molecular formula is C27H29Cl2FN4O4S. The van der Waals surface area contributed by atoms with Crippen molar-refractivity contribution < 1.29 is 22.4 Å². The summed E-state index contributed by atoms with van der Waals surface area (Å²) in [5, 5.41) is 3.28. The molecule has 8 nitrogen and oxygen atoms in total. The third kappa shape index (κ3) is 7.69. The molecule has 0 aliphatic rings. The number of benzene rings is 3. The second kappa shape index (κ2) is 13.3. The summed E-state index contributed by atoms with van der Waals surface area (Å²) in [5.41, 5.74) is 1.39. The maximum absolute atomic E-state index is 14.0. The molecule has 3 aromatic rings. The lowest BCUT2D eigenvalue weighted by molar-refractivity contribution is -0.139. The molecule has 0 aromatic heterocycles. The molecule has 208 valence electrons. The van der Waals surface area contributed by atoms with Crippen LogP contribution in [0.2, 0.25) is 10.0 Å². The molecular weight excluding hydrogens is 566 g/mol. The Kier molecular flexibility index (Phi) is 10.3. The zero-order valence-electron chi connectivity index (χ0n) is 21.6. The van der Waals surface area contributed by atoms with E-state index in [4.69, 9.17) is 23.2 Å². The van der Waals surface area contributed by atoms with Gasteiger partial charge in [0.1, 0.15) is 18.4 Å². The lowest BCUT2D eigenvalue weighted by Crippen LogP contribution is -2.53. The molecule has 3 aromatic carbocycles. The van der Waals surface area contributed by atoms with Crippen molar-refractivity contribution in [1.29, 1.82) is 0 Å². The van der Waals surface area contributed by atoms with Gasteiger partial charge in [0.25, 0.3) is 0 Å². The summed E-state index contributed by atoms with van der Waals surface area (Å²) in [4.78, 5) is 28.4. The highest BCUT2D eigenvalue weighted by atomic mass is 35.5. The smallest absolute Gasteiger partial charge is 0.304 e. The van der Waals surface area contributed by atoms with Crippen LogP contribution in [0.15, 0.2) is 72.8 Å². The monoisotopic (exact) mass is 594 g/mol. The van der Waals surface area contributed by atoms with Crippen LogP contribution in [0.4, 0.5) is 10.1 Å². The van der Waals surface area contributed by atoms with E-state index < -0.39 is 40.4 Å². The van der Waals surface area contributed by atoms with Crippen LogP contribution in [-0.2, 0) is 32.8 Å². The summed E-state index contributed by atoms with van der Waals surface area (Å²) in [5.74, 6) is -1.67. The van der Waals surface area contributed by atoms with E-state index in [9.17, 15) is 22.4 Å². The van der Waals surface area contributed by atoms with E-state index in [1.54, 1.807) is 12.1 Å². The van der Waals surface area contributed by atoms with E-state index in [2.05, 4.69) is 5.32 Å². The predicted octanol–water partition coefficient (Wildman–Crippen LogP) is 4.13. The number of anilines is 1. The molecule has 0 heterocycles. The Balaban J connectivity index is 2.08. The quantitative estimate of drug-likeness (QED) is 0.361. The van der Waals surface area contributed by atoms with Crippen molar-refractivity contribution in [1.82, 2.24) is 14.5 Å². The van der Waals surface area contributed by atoms with E-state index in [1.807, 2.05) is 30.3 Å². The van der Waals surface area contributed by atoms with Crippen LogP contribution in [-0.4, -0.2) is 63.2 Å². The lowest BCUT2D eigenvalue weighted by Gasteiger charge is -2.34. The maximum Gasteiger partial charge on any atom is 0.304 e. The van der Waals surface area contributed by atoms with Gasteiger partial charge in [0.05, 0.1) is 5.69 Å². The van der Waals surface area contributed by atoms with Crippen molar-refractivity contribution >= 4 is 50.9 Å². The fraction of sp³-hybridized carbons (Fsp3) is 0.259. The molecule has 1 atom stereocenters. The molecule has 12 heteroatoms. The van der Waals surface area contributed by atoms with Gasteiger partial charge in [-0.1, -0.05) is 59.6 Å². The number of nitrogens with one attached hydrogen (secondary N) is 1. The van der Waals surface area contributed by atoms with E-state index in [0.717, 1.165) is 26.3 Å². The Labute approximate surface area is 238 Å². The first kappa shape index (κ1) is 30.4. The number of likely N-dealkylation sites (N-methyl/N-ethyl adjacent to an activating group) is 1. The third-order valence-corrected chi connectivity index (χ3v) is 8.41. The van der Waals surface area contributed by atoms with Gasteiger partial charge in [-0.3, -0.25) is 9.59 Å². The minimum atomic E-state index is -4.18. The van der Waals surface area contributed by atoms with Crippen LogP contribution >= 0.6 is 23.2 Å². The van der Waals surface area contributed by atoms with E-state index in [-0.39, 0.29) is 23.7 Å². The Bertz CT molecular complexity index is 1410. The Hall–Kier alpha value is -3.18. The first-order chi connectivity index (χ1) is 18.4. The topological polar surface area (TPSA) is 90.0 Å². The number of amides is 2. The average Bonchev–Trinajstić information content (AvgIpc) is 2.90. The Morgan fingerprint density at radius 3 is 2.18 bits per heavy atom. The SMILES string of the molecule is CNC(=O)C(Cc1ccccc1)N(Cc1ccc(Cl)cc1Cl)C(=O)CN(c1ccc(F)cc1)S(=O)(=O)N(C)C. The number of hydrogen-bond acceptors (Lipinski definition) is 4. The summed E-state index contributed by atoms with van der Waals surface area (Å²) in [6.07, 6.45) is 0.161. The van der Waals surface area contributed by atoms with Crippen molar-refractivity contribution in [3.8, 4) is 0 Å². The van der Waals surface area contributed by atoms with Gasteiger partial charge >= 0.3 is 10.2 Å². The zero-order valence-corrected chi connectivity index (χ0v) is 24.0. The number of hydrogen-bond donors (Lipinski definition) is 1. The fourth-order valence-electron chi connectivity index (χ4n) is 3.88. The normalized spacial score (nSPS) is 12.2. The van der Waals surface area contributed by atoms with Crippen LogP contribution in [0.25, 0.3) is 0 Å². The molecule has 39 heavy (non-hydrogen) atoms. The van der Waals surface area contributed by atoms with Crippen molar-refractivity contribution in [3.63, 3.8) is 0 Å². The summed E-state index contributed by atoms with van der Waals surface area (Å²) >= 11 is 12.5. The van der Waals surface area contributed by atoms with Gasteiger partial charge < -0.3 is 10.2 Å². The zero-order chi connectivity index (χ0) is 28.7. The molecule has 0 fully saturated rings. The van der Waals surface area contributed by atoms with E-state index >= 15 is 0 Å². The molecule has 1 N–H and O–H groups in total. The minimum Gasteiger partial charge on any atom is -0.357 e. The number of halogens is 3. The minimum absolute atomic E-state index is 0.0856. The fourth-order valence-corrected chi connectivity index (χ4v) is 5.40. The van der Waals surface area contributed by atoms with Gasteiger partial charge in [-0.2, -0.15) is 12.7 Å². The van der Waals surface area contributed by atoms with Crippen LogP contribution in [0.5, 0.6) is 0 Å². The van der Waals surface area contributed by atoms with Gasteiger partial charge in [0.15, 0.2) is 0 Å². The highest BCUT2D eigenvalue weighted by Gasteiger charge is 2.34. The number of rotatable bonds is 11. The molecule has 1 unspecified atom stereocenters.